The van der Waals surface area contributed by atoms with Crippen LogP contribution >= 0.6 is 0 Å². The van der Waals surface area contributed by atoms with Crippen LogP contribution in [0.1, 0.15) is 52.9 Å². The number of carbonyl (C=O) groups excluding carboxylic acids is 1. The molecule has 0 amide bonds. The smallest absolute Gasteiger partial charge is 0.323 e. The topological polar surface area (TPSA) is 38.3 Å². The van der Waals surface area contributed by atoms with Gasteiger partial charge in [0.05, 0.1) is 7.11 Å². The van der Waals surface area contributed by atoms with Crippen molar-refractivity contribution in [3.63, 3.8) is 0 Å². The lowest BCUT2D eigenvalue weighted by atomic mass is 9.84. The molecule has 0 heterocycles. The van der Waals surface area contributed by atoms with Crippen molar-refractivity contribution in [1.82, 2.24) is 5.32 Å². The molecule has 100 valence electrons. The first kappa shape index (κ1) is 14.5. The van der Waals surface area contributed by atoms with Gasteiger partial charge in [0, 0.05) is 6.04 Å². The maximum Gasteiger partial charge on any atom is 0.323 e. The number of hydrogen-bond acceptors (Lipinski definition) is 3. The Bertz CT molecular complexity index is 234. The Labute approximate surface area is 105 Å². The van der Waals surface area contributed by atoms with E-state index in [9.17, 15) is 4.79 Å². The zero-order valence-corrected chi connectivity index (χ0v) is 11.7. The Kier molecular flexibility index (Phi) is 5.96. The number of methoxy groups -OCH3 is 1. The normalized spacial score (nSPS) is 21.2. The fourth-order valence-corrected chi connectivity index (χ4v) is 2.71. The molecule has 0 aromatic carbocycles. The third kappa shape index (κ3) is 4.30. The summed E-state index contributed by atoms with van der Waals surface area (Å²) in [5.74, 6) is 0.853. The minimum absolute atomic E-state index is 0.136. The Morgan fingerprint density at radius 2 is 1.76 bits per heavy atom. The molecular formula is C14H27NO2. The second kappa shape index (κ2) is 7.00. The van der Waals surface area contributed by atoms with E-state index in [1.807, 2.05) is 0 Å². The van der Waals surface area contributed by atoms with E-state index >= 15 is 0 Å². The number of ether oxygens (including phenoxy) is 1. The van der Waals surface area contributed by atoms with Gasteiger partial charge in [-0.1, -0.05) is 33.1 Å². The van der Waals surface area contributed by atoms with Gasteiger partial charge in [-0.3, -0.25) is 4.79 Å². The summed E-state index contributed by atoms with van der Waals surface area (Å²) in [6.45, 7) is 6.32. The number of nitrogens with one attached hydrogen (secondary N) is 1. The van der Waals surface area contributed by atoms with Crippen LogP contribution in [0, 0.1) is 11.8 Å². The predicted octanol–water partition coefficient (Wildman–Crippen LogP) is 2.74. The summed E-state index contributed by atoms with van der Waals surface area (Å²) in [5, 5.41) is 3.46. The van der Waals surface area contributed by atoms with Gasteiger partial charge in [-0.05, 0) is 31.6 Å². The maximum atomic E-state index is 11.7. The summed E-state index contributed by atoms with van der Waals surface area (Å²) < 4.78 is 4.86. The lowest BCUT2D eigenvalue weighted by Crippen LogP contribution is -2.48. The van der Waals surface area contributed by atoms with Gasteiger partial charge < -0.3 is 10.1 Å². The van der Waals surface area contributed by atoms with Crippen LogP contribution in [0.3, 0.4) is 0 Å². The highest BCUT2D eigenvalue weighted by Crippen LogP contribution is 2.26. The van der Waals surface area contributed by atoms with E-state index in [0.717, 1.165) is 5.92 Å². The van der Waals surface area contributed by atoms with Crippen LogP contribution in [0.4, 0.5) is 0 Å². The van der Waals surface area contributed by atoms with Crippen LogP contribution in [0.15, 0.2) is 0 Å². The first-order chi connectivity index (χ1) is 8.06. The number of esters is 1. The van der Waals surface area contributed by atoms with E-state index in [1.54, 1.807) is 0 Å². The average Bonchev–Trinajstić information content (AvgIpc) is 2.35. The van der Waals surface area contributed by atoms with Crippen molar-refractivity contribution >= 4 is 5.97 Å². The summed E-state index contributed by atoms with van der Waals surface area (Å²) in [5.41, 5.74) is 0. The lowest BCUT2D eigenvalue weighted by molar-refractivity contribution is -0.144. The molecule has 1 fully saturated rings. The van der Waals surface area contributed by atoms with Crippen molar-refractivity contribution in [2.45, 2.75) is 65.0 Å². The van der Waals surface area contributed by atoms with E-state index in [4.69, 9.17) is 4.74 Å². The van der Waals surface area contributed by atoms with Gasteiger partial charge in [0.1, 0.15) is 6.04 Å². The van der Waals surface area contributed by atoms with Gasteiger partial charge >= 0.3 is 5.97 Å². The second-order valence-corrected chi connectivity index (χ2v) is 5.60. The van der Waals surface area contributed by atoms with E-state index in [0.29, 0.717) is 6.04 Å². The lowest BCUT2D eigenvalue weighted by Gasteiger charge is -2.32. The third-order valence-electron chi connectivity index (χ3n) is 3.92. The second-order valence-electron chi connectivity index (χ2n) is 5.60. The Balaban J connectivity index is 2.50. The van der Waals surface area contributed by atoms with Crippen molar-refractivity contribution in [3.8, 4) is 0 Å². The molecule has 0 aromatic heterocycles. The van der Waals surface area contributed by atoms with Gasteiger partial charge in [0.15, 0.2) is 0 Å². The maximum absolute atomic E-state index is 11.7. The summed E-state index contributed by atoms with van der Waals surface area (Å²) >= 11 is 0. The summed E-state index contributed by atoms with van der Waals surface area (Å²) in [7, 11) is 1.46. The monoisotopic (exact) mass is 241 g/mol. The molecule has 1 aliphatic carbocycles. The van der Waals surface area contributed by atoms with Crippen LogP contribution in [0.25, 0.3) is 0 Å². The van der Waals surface area contributed by atoms with E-state index in [1.165, 1.54) is 39.2 Å². The fraction of sp³-hybridized carbons (Fsp3) is 0.929. The quantitative estimate of drug-likeness (QED) is 0.752. The van der Waals surface area contributed by atoms with Crippen LogP contribution in [-0.2, 0) is 9.53 Å². The van der Waals surface area contributed by atoms with Crippen molar-refractivity contribution in [2.75, 3.05) is 7.11 Å². The highest BCUT2D eigenvalue weighted by molar-refractivity contribution is 5.75. The Morgan fingerprint density at radius 1 is 1.18 bits per heavy atom. The Morgan fingerprint density at radius 3 is 2.24 bits per heavy atom. The SMILES string of the molecule is COC(=O)[C@H](NC(C)C1CCCCC1)C(C)C. The molecule has 0 aromatic rings. The van der Waals surface area contributed by atoms with E-state index in [2.05, 4.69) is 26.1 Å². The van der Waals surface area contributed by atoms with Gasteiger partial charge in [-0.2, -0.15) is 0 Å². The molecule has 1 N–H and O–H groups in total. The van der Waals surface area contributed by atoms with Gasteiger partial charge in [0.2, 0.25) is 0 Å². The molecule has 0 spiro atoms. The average molecular weight is 241 g/mol. The Hall–Kier alpha value is -0.570. The molecule has 2 atom stereocenters. The molecule has 0 aliphatic heterocycles. The largest absolute Gasteiger partial charge is 0.468 e. The fourth-order valence-electron chi connectivity index (χ4n) is 2.71. The zero-order chi connectivity index (χ0) is 12.8. The number of rotatable bonds is 5. The number of hydrogen-bond donors (Lipinski definition) is 1. The predicted molar refractivity (Wildman–Crippen MR) is 69.8 cm³/mol. The zero-order valence-electron chi connectivity index (χ0n) is 11.7. The van der Waals surface area contributed by atoms with Gasteiger partial charge in [-0.25, -0.2) is 0 Å². The van der Waals surface area contributed by atoms with E-state index in [-0.39, 0.29) is 17.9 Å². The molecule has 17 heavy (non-hydrogen) atoms. The first-order valence-corrected chi connectivity index (χ1v) is 6.90. The molecule has 3 heteroatoms. The van der Waals surface area contributed by atoms with Gasteiger partial charge in [0.25, 0.3) is 0 Å². The van der Waals surface area contributed by atoms with Crippen LogP contribution in [0.2, 0.25) is 0 Å². The van der Waals surface area contributed by atoms with Crippen molar-refractivity contribution < 1.29 is 9.53 Å². The van der Waals surface area contributed by atoms with Crippen molar-refractivity contribution in [2.24, 2.45) is 11.8 Å². The molecule has 3 nitrogen and oxygen atoms in total. The first-order valence-electron chi connectivity index (χ1n) is 6.90. The van der Waals surface area contributed by atoms with Crippen LogP contribution in [0.5, 0.6) is 0 Å². The summed E-state index contributed by atoms with van der Waals surface area (Å²) in [6.07, 6.45) is 6.62. The summed E-state index contributed by atoms with van der Waals surface area (Å²) in [4.78, 5) is 11.7. The molecule has 1 rings (SSSR count). The van der Waals surface area contributed by atoms with Gasteiger partial charge in [-0.15, -0.1) is 0 Å². The number of carbonyl (C=O) groups is 1. The molecule has 0 saturated heterocycles. The standard InChI is InChI=1S/C14H27NO2/c1-10(2)13(14(16)17-4)15-11(3)12-8-6-5-7-9-12/h10-13,15H,5-9H2,1-4H3/t11?,13-/m1/s1. The van der Waals surface area contributed by atoms with Crippen molar-refractivity contribution in [3.05, 3.63) is 0 Å². The highest BCUT2D eigenvalue weighted by Gasteiger charge is 2.28. The highest BCUT2D eigenvalue weighted by atomic mass is 16.5. The molecule has 0 bridgehead atoms. The summed E-state index contributed by atoms with van der Waals surface area (Å²) in [6, 6.07) is 0.235. The molecule has 0 radical (unpaired) electrons. The van der Waals surface area contributed by atoms with Crippen LogP contribution < -0.4 is 5.32 Å². The minimum Gasteiger partial charge on any atom is -0.468 e. The molecule has 1 aliphatic rings. The molecule has 1 saturated carbocycles. The third-order valence-corrected chi connectivity index (χ3v) is 3.92. The van der Waals surface area contributed by atoms with Crippen molar-refractivity contribution in [1.29, 1.82) is 0 Å². The van der Waals surface area contributed by atoms with E-state index < -0.39 is 0 Å². The molecule has 1 unspecified atom stereocenters. The van der Waals surface area contributed by atoms with Crippen LogP contribution in [-0.4, -0.2) is 25.2 Å². The minimum atomic E-state index is -0.170. The molecular weight excluding hydrogens is 214 g/mol.